The second-order valence-corrected chi connectivity index (χ2v) is 5.57. The third kappa shape index (κ3) is 2.32. The smallest absolute Gasteiger partial charge is 0.0349 e. The Hall–Kier alpha value is -1.02. The van der Waals surface area contributed by atoms with Gasteiger partial charge in [0.1, 0.15) is 0 Å². The minimum absolute atomic E-state index is 0.648. The minimum Gasteiger partial charge on any atom is -0.398 e. The van der Waals surface area contributed by atoms with Crippen LogP contribution in [-0.4, -0.2) is 12.1 Å². The Morgan fingerprint density at radius 2 is 1.88 bits per heavy atom. The number of nitrogens with one attached hydrogen (secondary N) is 1. The van der Waals surface area contributed by atoms with Crippen molar-refractivity contribution in [2.45, 2.75) is 57.0 Å². The molecule has 0 aromatic heterocycles. The molecule has 1 fully saturated rings. The van der Waals surface area contributed by atoms with Crippen LogP contribution in [0.4, 0.5) is 5.69 Å². The van der Waals surface area contributed by atoms with Gasteiger partial charge >= 0.3 is 0 Å². The zero-order valence-electron chi connectivity index (χ0n) is 10.4. The normalized spacial score (nSPS) is 24.8. The Balaban J connectivity index is 1.69. The van der Waals surface area contributed by atoms with Crippen LogP contribution in [-0.2, 0) is 12.8 Å². The summed E-state index contributed by atoms with van der Waals surface area (Å²) in [4.78, 5) is 0. The van der Waals surface area contributed by atoms with Gasteiger partial charge in [-0.1, -0.05) is 25.0 Å². The van der Waals surface area contributed by atoms with Gasteiger partial charge in [0, 0.05) is 17.8 Å². The van der Waals surface area contributed by atoms with Crippen molar-refractivity contribution in [3.63, 3.8) is 0 Å². The van der Waals surface area contributed by atoms with Crippen LogP contribution in [0.1, 0.15) is 43.2 Å². The van der Waals surface area contributed by atoms with E-state index in [0.717, 1.165) is 18.2 Å². The Bertz CT molecular complexity index is 394. The van der Waals surface area contributed by atoms with Crippen molar-refractivity contribution >= 4 is 5.69 Å². The predicted molar refractivity (Wildman–Crippen MR) is 72.1 cm³/mol. The second kappa shape index (κ2) is 4.69. The van der Waals surface area contributed by atoms with E-state index in [1.54, 1.807) is 0 Å². The fraction of sp³-hybridized carbons (Fsp3) is 0.600. The van der Waals surface area contributed by atoms with Gasteiger partial charge in [-0.05, 0) is 49.3 Å². The highest BCUT2D eigenvalue weighted by Gasteiger charge is 2.23. The summed E-state index contributed by atoms with van der Waals surface area (Å²) >= 11 is 0. The van der Waals surface area contributed by atoms with Gasteiger partial charge in [0.2, 0.25) is 0 Å². The van der Waals surface area contributed by atoms with Crippen molar-refractivity contribution in [1.82, 2.24) is 5.32 Å². The maximum Gasteiger partial charge on any atom is 0.0349 e. The summed E-state index contributed by atoms with van der Waals surface area (Å²) in [7, 11) is 0. The average Bonchev–Trinajstić information content (AvgIpc) is 2.83. The van der Waals surface area contributed by atoms with Gasteiger partial charge in [0.25, 0.3) is 0 Å². The average molecular weight is 230 g/mol. The molecular formula is C15H22N2. The number of nitrogen functional groups attached to an aromatic ring is 1. The summed E-state index contributed by atoms with van der Waals surface area (Å²) in [5, 5.41) is 3.83. The molecule has 3 N–H and O–H groups in total. The maximum atomic E-state index is 6.08. The lowest BCUT2D eigenvalue weighted by molar-refractivity contribution is 0.396. The van der Waals surface area contributed by atoms with E-state index in [9.17, 15) is 0 Å². The van der Waals surface area contributed by atoms with Gasteiger partial charge in [-0.25, -0.2) is 0 Å². The van der Waals surface area contributed by atoms with Crippen molar-refractivity contribution in [1.29, 1.82) is 0 Å². The molecule has 0 spiro atoms. The fourth-order valence-electron chi connectivity index (χ4n) is 3.38. The van der Waals surface area contributed by atoms with E-state index in [0.29, 0.717) is 6.04 Å². The number of aryl methyl sites for hydroxylation is 1. The van der Waals surface area contributed by atoms with Crippen LogP contribution in [0.2, 0.25) is 0 Å². The molecule has 1 unspecified atom stereocenters. The summed E-state index contributed by atoms with van der Waals surface area (Å²) < 4.78 is 0. The van der Waals surface area contributed by atoms with Gasteiger partial charge < -0.3 is 11.1 Å². The van der Waals surface area contributed by atoms with Crippen LogP contribution in [0.5, 0.6) is 0 Å². The first-order valence-electron chi connectivity index (χ1n) is 6.95. The summed E-state index contributed by atoms with van der Waals surface area (Å²) in [6.45, 7) is 0. The third-order valence-corrected chi connectivity index (χ3v) is 4.35. The molecule has 1 aromatic rings. The van der Waals surface area contributed by atoms with Crippen LogP contribution >= 0.6 is 0 Å². The summed E-state index contributed by atoms with van der Waals surface area (Å²) in [6.07, 6.45) is 9.13. The topological polar surface area (TPSA) is 38.0 Å². The lowest BCUT2D eigenvalue weighted by atomic mass is 9.87. The molecule has 0 heterocycles. The molecule has 0 aliphatic heterocycles. The molecule has 2 heteroatoms. The molecule has 92 valence electrons. The van der Waals surface area contributed by atoms with E-state index in [-0.39, 0.29) is 0 Å². The highest BCUT2D eigenvalue weighted by atomic mass is 15.0. The number of fused-ring (bicyclic) bond motifs is 1. The third-order valence-electron chi connectivity index (χ3n) is 4.35. The van der Waals surface area contributed by atoms with Crippen LogP contribution < -0.4 is 11.1 Å². The number of anilines is 1. The van der Waals surface area contributed by atoms with E-state index in [2.05, 4.69) is 17.4 Å². The Labute approximate surface area is 104 Å². The number of hydrogen-bond acceptors (Lipinski definition) is 2. The molecule has 0 saturated heterocycles. The Kier molecular flexibility index (Phi) is 3.06. The summed E-state index contributed by atoms with van der Waals surface area (Å²) in [5.41, 5.74) is 9.94. The second-order valence-electron chi connectivity index (χ2n) is 5.57. The van der Waals surface area contributed by atoms with Crippen molar-refractivity contribution in [3.8, 4) is 0 Å². The number of rotatable bonds is 2. The van der Waals surface area contributed by atoms with E-state index in [1.807, 2.05) is 6.07 Å². The van der Waals surface area contributed by atoms with Gasteiger partial charge in [-0.2, -0.15) is 0 Å². The van der Waals surface area contributed by atoms with E-state index in [4.69, 9.17) is 5.73 Å². The molecule has 0 amide bonds. The first-order chi connectivity index (χ1) is 8.33. The molecule has 1 saturated carbocycles. The lowest BCUT2D eigenvalue weighted by Crippen LogP contribution is -2.40. The fourth-order valence-corrected chi connectivity index (χ4v) is 3.38. The van der Waals surface area contributed by atoms with Crippen molar-refractivity contribution < 1.29 is 0 Å². The monoisotopic (exact) mass is 230 g/mol. The van der Waals surface area contributed by atoms with Crippen LogP contribution in [0.3, 0.4) is 0 Å². The summed E-state index contributed by atoms with van der Waals surface area (Å²) in [5.74, 6) is 0. The predicted octanol–water partition coefficient (Wildman–Crippen LogP) is 2.66. The van der Waals surface area contributed by atoms with Crippen LogP contribution in [0.15, 0.2) is 18.2 Å². The minimum atomic E-state index is 0.648. The largest absolute Gasteiger partial charge is 0.398 e. The van der Waals surface area contributed by atoms with Gasteiger partial charge in [-0.3, -0.25) is 0 Å². The standard InChI is InChI=1S/C15H22N2/c16-15-7-3-4-11-8-9-13(10-14(11)15)17-12-5-1-2-6-12/h3-4,7,12-13,17H,1-2,5-6,8-10,16H2. The molecule has 0 radical (unpaired) electrons. The molecule has 1 aromatic carbocycles. The number of nitrogens with two attached hydrogens (primary N) is 1. The molecule has 3 rings (SSSR count). The molecule has 2 nitrogen and oxygen atoms in total. The van der Waals surface area contributed by atoms with Gasteiger partial charge in [0.15, 0.2) is 0 Å². The SMILES string of the molecule is Nc1cccc2c1CC(NC1CCCC1)CC2. The number of hydrogen-bond donors (Lipinski definition) is 2. The van der Waals surface area contributed by atoms with Gasteiger partial charge in [0.05, 0.1) is 0 Å². The molecule has 0 bridgehead atoms. The molecule has 17 heavy (non-hydrogen) atoms. The van der Waals surface area contributed by atoms with E-state index in [1.165, 1.54) is 49.7 Å². The van der Waals surface area contributed by atoms with E-state index < -0.39 is 0 Å². The first kappa shape index (κ1) is 11.1. The number of benzene rings is 1. The maximum absolute atomic E-state index is 6.08. The Morgan fingerprint density at radius 3 is 2.71 bits per heavy atom. The van der Waals surface area contributed by atoms with Crippen LogP contribution in [0.25, 0.3) is 0 Å². The molecule has 2 aliphatic carbocycles. The molecular weight excluding hydrogens is 208 g/mol. The quantitative estimate of drug-likeness (QED) is 0.767. The summed E-state index contributed by atoms with van der Waals surface area (Å²) in [6, 6.07) is 7.77. The van der Waals surface area contributed by atoms with Crippen molar-refractivity contribution in [2.75, 3.05) is 5.73 Å². The van der Waals surface area contributed by atoms with Gasteiger partial charge in [-0.15, -0.1) is 0 Å². The lowest BCUT2D eigenvalue weighted by Gasteiger charge is -2.29. The zero-order valence-corrected chi connectivity index (χ0v) is 10.4. The van der Waals surface area contributed by atoms with Crippen molar-refractivity contribution in [2.24, 2.45) is 0 Å². The highest BCUT2D eigenvalue weighted by Crippen LogP contribution is 2.27. The van der Waals surface area contributed by atoms with E-state index >= 15 is 0 Å². The van der Waals surface area contributed by atoms with Crippen molar-refractivity contribution in [3.05, 3.63) is 29.3 Å². The molecule has 2 aliphatic rings. The first-order valence-corrected chi connectivity index (χ1v) is 6.95. The molecule has 1 atom stereocenters. The zero-order chi connectivity index (χ0) is 11.7. The highest BCUT2D eigenvalue weighted by molar-refractivity contribution is 5.52. The Morgan fingerprint density at radius 1 is 1.06 bits per heavy atom. The van der Waals surface area contributed by atoms with Crippen LogP contribution in [0, 0.1) is 0 Å².